The summed E-state index contributed by atoms with van der Waals surface area (Å²) in [5.41, 5.74) is 5.56. The molecule has 0 aliphatic carbocycles. The lowest BCUT2D eigenvalue weighted by Gasteiger charge is -2.14. The van der Waals surface area contributed by atoms with Crippen LogP contribution in [-0.4, -0.2) is 31.6 Å². The molecule has 55 heavy (non-hydrogen) atoms. The molecule has 0 saturated carbocycles. The van der Waals surface area contributed by atoms with Crippen molar-refractivity contribution < 1.29 is 27.0 Å². The number of sulfone groups is 2. The van der Waals surface area contributed by atoms with Crippen molar-refractivity contribution in [1.82, 2.24) is 4.57 Å². The Morgan fingerprint density at radius 3 is 1.38 bits per heavy atom. The third kappa shape index (κ3) is 7.09. The van der Waals surface area contributed by atoms with E-state index in [1.54, 1.807) is 48.5 Å². The molecule has 0 radical (unpaired) electrons. The van der Waals surface area contributed by atoms with E-state index in [0.29, 0.717) is 22.3 Å². The largest absolute Gasteiger partial charge is 0.508 e. The Morgan fingerprint density at radius 2 is 0.964 bits per heavy atom. The lowest BCUT2D eigenvalue weighted by atomic mass is 9.96. The Balaban J connectivity index is 1.34. The van der Waals surface area contributed by atoms with Gasteiger partial charge in [-0.2, -0.15) is 0 Å². The molecule has 1 aromatic heterocycles. The Hall–Kier alpha value is -5.90. The highest BCUT2D eigenvalue weighted by atomic mass is 32.2. The zero-order chi connectivity index (χ0) is 38.9. The van der Waals surface area contributed by atoms with Gasteiger partial charge in [0, 0.05) is 39.5 Å². The van der Waals surface area contributed by atoms with Crippen LogP contribution >= 0.6 is 0 Å². The van der Waals surface area contributed by atoms with E-state index in [2.05, 4.69) is 36.8 Å². The van der Waals surface area contributed by atoms with Crippen molar-refractivity contribution in [3.05, 3.63) is 169 Å². The van der Waals surface area contributed by atoms with Crippen LogP contribution < -0.4 is 0 Å². The molecule has 6 aromatic carbocycles. The van der Waals surface area contributed by atoms with Crippen LogP contribution in [0.3, 0.4) is 0 Å². The van der Waals surface area contributed by atoms with Crippen molar-refractivity contribution in [2.75, 3.05) is 0 Å². The van der Waals surface area contributed by atoms with E-state index in [9.17, 15) is 27.0 Å². The van der Waals surface area contributed by atoms with Gasteiger partial charge in [-0.15, -0.1) is 0 Å². The van der Waals surface area contributed by atoms with Crippen LogP contribution in [-0.2, 0) is 26.2 Å². The Kier molecular flexibility index (Phi) is 10.3. The first kappa shape index (κ1) is 37.4. The minimum Gasteiger partial charge on any atom is -0.508 e. The van der Waals surface area contributed by atoms with Gasteiger partial charge in [0.05, 0.1) is 19.6 Å². The predicted molar refractivity (Wildman–Crippen MR) is 220 cm³/mol. The van der Waals surface area contributed by atoms with Gasteiger partial charge in [0.15, 0.2) is 0 Å². The number of aryl methyl sites for hydroxylation is 1. The molecule has 1 heterocycles. The molecule has 2 N–H and O–H groups in total. The molecule has 0 aliphatic rings. The lowest BCUT2D eigenvalue weighted by molar-refractivity contribution is 0.474. The fourth-order valence-corrected chi connectivity index (χ4v) is 10.1. The molecule has 0 unspecified atom stereocenters. The minimum absolute atomic E-state index is 0.0236. The second-order valence-corrected chi connectivity index (χ2v) is 17.5. The molecular formula is C46H41NO6S2. The summed E-state index contributed by atoms with van der Waals surface area (Å²) in [5, 5.41) is 21.4. The molecule has 9 heteroatoms. The highest BCUT2D eigenvalue weighted by Gasteiger charge is 2.25. The van der Waals surface area contributed by atoms with Gasteiger partial charge in [-0.25, -0.2) is 16.8 Å². The molecule has 7 nitrogen and oxygen atoms in total. The van der Waals surface area contributed by atoms with Gasteiger partial charge < -0.3 is 14.8 Å². The van der Waals surface area contributed by atoms with Gasteiger partial charge in [-0.1, -0.05) is 87.9 Å². The van der Waals surface area contributed by atoms with E-state index >= 15 is 0 Å². The summed E-state index contributed by atoms with van der Waals surface area (Å²) in [6, 6.07) is 36.7. The highest BCUT2D eigenvalue weighted by Crippen LogP contribution is 2.39. The smallest absolute Gasteiger partial charge is 0.207 e. The summed E-state index contributed by atoms with van der Waals surface area (Å²) in [7, 11) is -7.89. The fourth-order valence-electron chi connectivity index (χ4n) is 7.13. The number of hydrogen-bond donors (Lipinski definition) is 2. The molecule has 0 amide bonds. The standard InChI is InChI=1S/C46H41NO6S2/c1-4-5-6-11-28-47-43-26-16-33(31(2)39-12-7-9-14-45(39)54(50,51)37-22-18-35(48)19-23-37)29-41(43)42-30-34(17-27-44(42)47)32(3)40-13-8-10-15-46(40)55(52,53)38-24-20-36(49)21-25-38/h7-10,12-27,29-30,48-49H,2-6,11,28H2,1H3. The number of fused-ring (bicyclic) bond motifs is 3. The number of aromatic nitrogens is 1. The van der Waals surface area contributed by atoms with Gasteiger partial charge in [0.25, 0.3) is 0 Å². The maximum atomic E-state index is 13.9. The normalized spacial score (nSPS) is 11.9. The molecule has 7 rings (SSSR count). The number of hydrogen-bond acceptors (Lipinski definition) is 6. The molecule has 7 aromatic rings. The molecule has 0 fully saturated rings. The summed E-state index contributed by atoms with van der Waals surface area (Å²) >= 11 is 0. The number of rotatable bonds is 13. The summed E-state index contributed by atoms with van der Waals surface area (Å²) in [6.07, 6.45) is 4.36. The molecule has 0 saturated heterocycles. The molecule has 0 spiro atoms. The zero-order valence-corrected chi connectivity index (χ0v) is 32.1. The van der Waals surface area contributed by atoms with E-state index < -0.39 is 19.7 Å². The average Bonchev–Trinajstić information content (AvgIpc) is 3.51. The monoisotopic (exact) mass is 767 g/mol. The van der Waals surface area contributed by atoms with Crippen LogP contribution in [0.25, 0.3) is 33.0 Å². The van der Waals surface area contributed by atoms with Gasteiger partial charge >= 0.3 is 0 Å². The van der Waals surface area contributed by atoms with Gasteiger partial charge in [0.2, 0.25) is 19.7 Å². The number of aromatic hydroxyl groups is 2. The molecule has 278 valence electrons. The summed E-state index contributed by atoms with van der Waals surface area (Å²) in [4.78, 5) is 0.363. The van der Waals surface area contributed by atoms with E-state index in [1.807, 2.05) is 24.3 Å². The summed E-state index contributed by atoms with van der Waals surface area (Å²) in [6.45, 7) is 11.8. The SMILES string of the molecule is C=C(c1ccc2c(c1)c1cc(C(=C)c3ccccc3S(=O)(=O)c3ccc(O)cc3)ccc1n2CCCCCC)c1ccccc1S(=O)(=O)c1ccc(O)cc1. The number of benzene rings is 6. The number of phenolic OH excluding ortho intramolecular Hbond substituents is 2. The van der Waals surface area contributed by atoms with E-state index in [1.165, 1.54) is 48.5 Å². The van der Waals surface area contributed by atoms with Crippen LogP contribution in [0.1, 0.15) is 54.9 Å². The topological polar surface area (TPSA) is 114 Å². The third-order valence-corrected chi connectivity index (χ3v) is 13.8. The van der Waals surface area contributed by atoms with Crippen LogP contribution in [0.4, 0.5) is 0 Å². The maximum absolute atomic E-state index is 13.9. The van der Waals surface area contributed by atoms with Crippen molar-refractivity contribution in [1.29, 1.82) is 0 Å². The van der Waals surface area contributed by atoms with Crippen molar-refractivity contribution in [3.8, 4) is 11.5 Å². The third-order valence-electron chi connectivity index (χ3n) is 10.1. The Bertz CT molecular complexity index is 2630. The van der Waals surface area contributed by atoms with Gasteiger partial charge in [0.1, 0.15) is 11.5 Å². The molecular weight excluding hydrogens is 727 g/mol. The number of nitrogens with zero attached hydrogens (tertiary/aromatic N) is 1. The maximum Gasteiger partial charge on any atom is 0.207 e. The van der Waals surface area contributed by atoms with Crippen molar-refractivity contribution in [2.45, 2.75) is 58.7 Å². The van der Waals surface area contributed by atoms with Crippen LogP contribution in [0, 0.1) is 0 Å². The first-order chi connectivity index (χ1) is 26.4. The number of unbranched alkanes of at least 4 members (excludes halogenated alkanes) is 3. The average molecular weight is 768 g/mol. The molecule has 0 aliphatic heterocycles. The predicted octanol–water partition coefficient (Wildman–Crippen LogP) is 10.6. The molecule has 0 atom stereocenters. The van der Waals surface area contributed by atoms with Crippen molar-refractivity contribution in [2.24, 2.45) is 0 Å². The summed E-state index contributed by atoms with van der Waals surface area (Å²) in [5.74, 6) is -0.0472. The minimum atomic E-state index is -3.94. The van der Waals surface area contributed by atoms with Crippen LogP contribution in [0.15, 0.2) is 166 Å². The first-order valence-electron chi connectivity index (χ1n) is 18.1. The lowest BCUT2D eigenvalue weighted by Crippen LogP contribution is -2.05. The molecule has 0 bridgehead atoms. The Morgan fingerprint density at radius 1 is 0.545 bits per heavy atom. The summed E-state index contributed by atoms with van der Waals surface area (Å²) < 4.78 is 57.7. The second-order valence-electron chi connectivity index (χ2n) is 13.6. The zero-order valence-electron chi connectivity index (χ0n) is 30.4. The van der Waals surface area contributed by atoms with E-state index in [4.69, 9.17) is 0 Å². The quantitative estimate of drug-likeness (QED) is 0.113. The fraction of sp³-hybridized carbons (Fsp3) is 0.130. The van der Waals surface area contributed by atoms with Crippen molar-refractivity contribution >= 4 is 52.6 Å². The van der Waals surface area contributed by atoms with Crippen LogP contribution in [0.5, 0.6) is 11.5 Å². The van der Waals surface area contributed by atoms with Gasteiger partial charge in [-0.05, 0) is 114 Å². The Labute approximate surface area is 322 Å². The van der Waals surface area contributed by atoms with E-state index in [-0.39, 0.29) is 31.1 Å². The first-order valence-corrected chi connectivity index (χ1v) is 21.1. The number of phenols is 2. The highest BCUT2D eigenvalue weighted by molar-refractivity contribution is 7.92. The van der Waals surface area contributed by atoms with E-state index in [0.717, 1.165) is 65.2 Å². The van der Waals surface area contributed by atoms with Crippen LogP contribution in [0.2, 0.25) is 0 Å². The van der Waals surface area contributed by atoms with Crippen molar-refractivity contribution in [3.63, 3.8) is 0 Å². The van der Waals surface area contributed by atoms with Gasteiger partial charge in [-0.3, -0.25) is 0 Å². The second kappa shape index (κ2) is 15.1.